The molecule has 0 spiro atoms. The Morgan fingerprint density at radius 2 is 1.43 bits per heavy atom. The molecule has 0 radical (unpaired) electrons. The highest BCUT2D eigenvalue weighted by atomic mass is 32.2. The number of carbonyl (C=O) groups is 2. The molecule has 3 aromatic rings. The lowest BCUT2D eigenvalue weighted by atomic mass is 9.88. The van der Waals surface area contributed by atoms with Crippen LogP contribution in [0, 0.1) is 11.8 Å². The fraction of sp³-hybridized carbons (Fsp3) is 0.355. The van der Waals surface area contributed by atoms with Crippen LogP contribution in [0.15, 0.2) is 89.8 Å². The summed E-state index contributed by atoms with van der Waals surface area (Å²) in [6.45, 7) is 4.61. The van der Waals surface area contributed by atoms with Gasteiger partial charge in [-0.25, -0.2) is 13.1 Å². The van der Waals surface area contributed by atoms with Crippen molar-refractivity contribution in [2.24, 2.45) is 11.8 Å². The van der Waals surface area contributed by atoms with Crippen molar-refractivity contribution >= 4 is 21.9 Å². The number of likely N-dealkylation sites (N-methyl/N-ethyl adjacent to an activating group) is 1. The molecule has 5 rings (SSSR count). The molecule has 2 aliphatic rings. The first-order valence-corrected chi connectivity index (χ1v) is 15.1. The summed E-state index contributed by atoms with van der Waals surface area (Å²) < 4.78 is 27.2. The van der Waals surface area contributed by atoms with Crippen LogP contribution in [0.4, 0.5) is 0 Å². The lowest BCUT2D eigenvalue weighted by Gasteiger charge is -2.18. The number of rotatable bonds is 7. The summed E-state index contributed by atoms with van der Waals surface area (Å²) >= 11 is 0. The molecule has 4 atom stereocenters. The molecular weight excluding hydrogens is 526 g/mol. The number of hydrogen-bond acceptors (Lipinski definition) is 6. The monoisotopic (exact) mass is 563 g/mol. The molecule has 0 saturated carbocycles. The Morgan fingerprint density at radius 3 is 1.98 bits per heavy atom. The second kappa shape index (κ2) is 13.2. The summed E-state index contributed by atoms with van der Waals surface area (Å²) in [5.74, 6) is -1.72. The zero-order valence-electron chi connectivity index (χ0n) is 22.9. The van der Waals surface area contributed by atoms with Crippen molar-refractivity contribution in [2.75, 3.05) is 33.2 Å². The van der Waals surface area contributed by atoms with Gasteiger partial charge in [-0.05, 0) is 42.3 Å². The SMILES string of the molecule is CCc1ccc(S(=O)(=O)NC(=O)C2CNCC2c2ccccc2)cc1.CN1CC(C(=O)O)C(c2ccccc2)C1. The molecule has 2 aliphatic heterocycles. The van der Waals surface area contributed by atoms with Gasteiger partial charge < -0.3 is 15.3 Å². The average molecular weight is 564 g/mol. The Kier molecular flexibility index (Phi) is 9.73. The molecule has 40 heavy (non-hydrogen) atoms. The van der Waals surface area contributed by atoms with Crippen LogP contribution in [0.25, 0.3) is 0 Å². The van der Waals surface area contributed by atoms with Crippen molar-refractivity contribution in [1.29, 1.82) is 0 Å². The van der Waals surface area contributed by atoms with Crippen molar-refractivity contribution in [2.45, 2.75) is 30.1 Å². The van der Waals surface area contributed by atoms with E-state index < -0.39 is 27.8 Å². The van der Waals surface area contributed by atoms with Crippen LogP contribution < -0.4 is 10.0 Å². The van der Waals surface area contributed by atoms with Gasteiger partial charge in [0.1, 0.15) is 0 Å². The smallest absolute Gasteiger partial charge is 0.308 e. The van der Waals surface area contributed by atoms with E-state index in [1.165, 1.54) is 12.1 Å². The first-order valence-electron chi connectivity index (χ1n) is 13.6. The van der Waals surface area contributed by atoms with Gasteiger partial charge in [0, 0.05) is 38.0 Å². The van der Waals surface area contributed by atoms with E-state index in [4.69, 9.17) is 5.11 Å². The third kappa shape index (κ3) is 7.15. The van der Waals surface area contributed by atoms with E-state index in [2.05, 4.69) is 14.9 Å². The van der Waals surface area contributed by atoms with Crippen LogP contribution >= 0.6 is 0 Å². The molecule has 3 N–H and O–H groups in total. The van der Waals surface area contributed by atoms with Crippen LogP contribution in [-0.4, -0.2) is 63.5 Å². The number of sulfonamides is 1. The third-order valence-corrected chi connectivity index (χ3v) is 9.07. The van der Waals surface area contributed by atoms with Crippen LogP contribution in [0.3, 0.4) is 0 Å². The predicted molar refractivity (Wildman–Crippen MR) is 154 cm³/mol. The summed E-state index contributed by atoms with van der Waals surface area (Å²) in [4.78, 5) is 25.9. The summed E-state index contributed by atoms with van der Waals surface area (Å²) in [6.07, 6.45) is 0.833. The second-order valence-electron chi connectivity index (χ2n) is 10.4. The van der Waals surface area contributed by atoms with Gasteiger partial charge in [-0.15, -0.1) is 0 Å². The second-order valence-corrected chi connectivity index (χ2v) is 12.1. The van der Waals surface area contributed by atoms with Gasteiger partial charge in [-0.2, -0.15) is 0 Å². The number of carboxylic acid groups (broad SMARTS) is 1. The van der Waals surface area contributed by atoms with Gasteiger partial charge in [-0.1, -0.05) is 79.7 Å². The summed E-state index contributed by atoms with van der Waals surface area (Å²) in [6, 6.07) is 26.2. The highest BCUT2D eigenvalue weighted by molar-refractivity contribution is 7.90. The maximum atomic E-state index is 12.6. The molecule has 0 aliphatic carbocycles. The molecule has 8 nitrogen and oxygen atoms in total. The predicted octanol–water partition coefficient (Wildman–Crippen LogP) is 3.47. The minimum Gasteiger partial charge on any atom is -0.481 e. The molecule has 212 valence electrons. The minimum absolute atomic E-state index is 0.0288. The van der Waals surface area contributed by atoms with Crippen LogP contribution in [0.2, 0.25) is 0 Å². The molecule has 2 heterocycles. The van der Waals surface area contributed by atoms with Crippen molar-refractivity contribution < 1.29 is 23.1 Å². The van der Waals surface area contributed by atoms with Gasteiger partial charge in [-0.3, -0.25) is 9.59 Å². The van der Waals surface area contributed by atoms with Crippen molar-refractivity contribution in [3.63, 3.8) is 0 Å². The van der Waals surface area contributed by atoms with Gasteiger partial charge in [0.25, 0.3) is 10.0 Å². The Morgan fingerprint density at radius 1 is 0.850 bits per heavy atom. The number of amides is 1. The number of nitrogens with one attached hydrogen (secondary N) is 2. The van der Waals surface area contributed by atoms with Gasteiger partial charge in [0.2, 0.25) is 5.91 Å². The van der Waals surface area contributed by atoms with E-state index in [1.807, 2.05) is 74.6 Å². The Labute approximate surface area is 236 Å². The fourth-order valence-electron chi connectivity index (χ4n) is 5.46. The molecule has 4 unspecified atom stereocenters. The van der Waals surface area contributed by atoms with Gasteiger partial charge in [0.15, 0.2) is 0 Å². The zero-order valence-corrected chi connectivity index (χ0v) is 23.7. The average Bonchev–Trinajstić information content (AvgIpc) is 3.62. The van der Waals surface area contributed by atoms with Crippen molar-refractivity contribution in [1.82, 2.24) is 14.9 Å². The number of carboxylic acids is 1. The van der Waals surface area contributed by atoms with E-state index in [-0.39, 0.29) is 22.6 Å². The number of hydrogen-bond donors (Lipinski definition) is 3. The molecule has 2 fully saturated rings. The third-order valence-electron chi connectivity index (χ3n) is 7.70. The van der Waals surface area contributed by atoms with E-state index in [9.17, 15) is 18.0 Å². The molecular formula is C31H37N3O5S. The number of benzene rings is 3. The van der Waals surface area contributed by atoms with E-state index >= 15 is 0 Å². The quantitative estimate of drug-likeness (QED) is 0.403. The maximum Gasteiger partial charge on any atom is 0.308 e. The highest BCUT2D eigenvalue weighted by Crippen LogP contribution is 2.32. The van der Waals surface area contributed by atoms with Crippen LogP contribution in [0.1, 0.15) is 35.4 Å². The van der Waals surface area contributed by atoms with Gasteiger partial charge >= 0.3 is 5.97 Å². The van der Waals surface area contributed by atoms with Gasteiger partial charge in [0.05, 0.1) is 16.7 Å². The molecule has 3 aromatic carbocycles. The number of nitrogens with zero attached hydrogens (tertiary/aromatic N) is 1. The normalized spacial score (nSPS) is 22.8. The first-order chi connectivity index (χ1) is 19.2. The largest absolute Gasteiger partial charge is 0.481 e. The van der Waals surface area contributed by atoms with Crippen LogP contribution in [0.5, 0.6) is 0 Å². The molecule has 2 saturated heterocycles. The lowest BCUT2D eigenvalue weighted by Crippen LogP contribution is -2.38. The van der Waals surface area contributed by atoms with E-state index in [1.54, 1.807) is 12.1 Å². The number of carbonyl (C=O) groups excluding carboxylic acids is 1. The number of aliphatic carboxylic acids is 1. The van der Waals surface area contributed by atoms with E-state index in [0.29, 0.717) is 19.6 Å². The Hall–Kier alpha value is -3.53. The highest BCUT2D eigenvalue weighted by Gasteiger charge is 2.37. The Bertz CT molecular complexity index is 1380. The minimum atomic E-state index is -3.85. The summed E-state index contributed by atoms with van der Waals surface area (Å²) in [7, 11) is -1.88. The molecule has 1 amide bonds. The van der Waals surface area contributed by atoms with Crippen molar-refractivity contribution in [3.8, 4) is 0 Å². The zero-order chi connectivity index (χ0) is 28.7. The molecule has 0 aromatic heterocycles. The van der Waals surface area contributed by atoms with E-state index in [0.717, 1.165) is 29.7 Å². The van der Waals surface area contributed by atoms with Crippen molar-refractivity contribution in [3.05, 3.63) is 102 Å². The summed E-state index contributed by atoms with van der Waals surface area (Å²) in [5.41, 5.74) is 3.22. The summed E-state index contributed by atoms with van der Waals surface area (Å²) in [5, 5.41) is 12.3. The number of likely N-dealkylation sites (tertiary alicyclic amines) is 1. The topological polar surface area (TPSA) is 116 Å². The number of aryl methyl sites for hydroxylation is 1. The molecule has 0 bridgehead atoms. The fourth-order valence-corrected chi connectivity index (χ4v) is 6.49. The Balaban J connectivity index is 0.000000210. The standard InChI is InChI=1S/C19H22N2O3S.C12H15NO2/c1-2-14-8-10-16(11-9-14)25(23,24)21-19(22)18-13-20-12-17(18)15-6-4-3-5-7-15;1-13-7-10(11(8-13)12(14)15)9-5-3-2-4-6-9/h3-11,17-18,20H,2,12-13H2,1H3,(H,21,22);2-6,10-11H,7-8H2,1H3,(H,14,15). The maximum absolute atomic E-state index is 12.6. The first kappa shape index (κ1) is 29.5. The van der Waals surface area contributed by atoms with Crippen LogP contribution in [-0.2, 0) is 26.0 Å². The molecule has 9 heteroatoms. The lowest BCUT2D eigenvalue weighted by molar-refractivity contribution is -0.141.